The molecular weight excluding hydrogens is 178 g/mol. The van der Waals surface area contributed by atoms with Gasteiger partial charge >= 0.3 is 6.09 Å². The molecule has 0 aromatic carbocycles. The van der Waals surface area contributed by atoms with E-state index in [1.807, 2.05) is 0 Å². The Bertz CT molecular complexity index is 163. The van der Waals surface area contributed by atoms with Crippen LogP contribution in [0.15, 0.2) is 0 Å². The first-order valence-corrected chi connectivity index (χ1v) is 4.84. The maximum atomic E-state index is 10.8. The molecule has 1 aliphatic rings. The number of amides is 1. The number of unbranched alkanes of at least 4 members (excludes halogenated alkanes) is 1. The van der Waals surface area contributed by atoms with Gasteiger partial charge in [0.25, 0.3) is 0 Å². The van der Waals surface area contributed by atoms with Crippen molar-refractivity contribution in [2.24, 2.45) is 0 Å². The highest BCUT2D eigenvalue weighted by molar-refractivity contribution is 6.18. The molecule has 0 unspecified atom stereocenters. The largest absolute Gasteiger partial charge is 0.443 e. The minimum Gasteiger partial charge on any atom is -0.443 e. The van der Waals surface area contributed by atoms with E-state index < -0.39 is 0 Å². The van der Waals surface area contributed by atoms with E-state index in [1.54, 1.807) is 0 Å². The molecule has 12 heavy (non-hydrogen) atoms. The van der Waals surface area contributed by atoms with Crippen LogP contribution in [0.2, 0.25) is 0 Å². The summed E-state index contributed by atoms with van der Waals surface area (Å²) >= 11 is 5.63. The smallest absolute Gasteiger partial charge is 0.407 e. The van der Waals surface area contributed by atoms with E-state index in [4.69, 9.17) is 16.3 Å². The van der Waals surface area contributed by atoms with Gasteiger partial charge in [-0.25, -0.2) is 4.79 Å². The topological polar surface area (TPSA) is 38.3 Å². The highest BCUT2D eigenvalue weighted by Crippen LogP contribution is 2.15. The van der Waals surface area contributed by atoms with Crippen LogP contribution in [-0.2, 0) is 4.74 Å². The first-order chi connectivity index (χ1) is 5.77. The summed E-state index contributed by atoms with van der Waals surface area (Å²) in [5.41, 5.74) is 0. The third-order valence-electron chi connectivity index (χ3n) is 2.03. The van der Waals surface area contributed by atoms with E-state index in [2.05, 4.69) is 12.2 Å². The zero-order valence-electron chi connectivity index (χ0n) is 7.18. The molecule has 2 atom stereocenters. The molecule has 1 N–H and O–H groups in total. The number of rotatable bonds is 4. The minimum absolute atomic E-state index is 0.120. The average molecular weight is 192 g/mol. The van der Waals surface area contributed by atoms with Crippen molar-refractivity contribution in [3.8, 4) is 0 Å². The number of carbonyl (C=O) groups excluding carboxylic acids is 1. The summed E-state index contributed by atoms with van der Waals surface area (Å²) in [5.74, 6) is 0.382. The molecule has 0 radical (unpaired) electrons. The molecule has 1 rings (SSSR count). The molecule has 0 aromatic heterocycles. The Morgan fingerprint density at radius 1 is 1.67 bits per heavy atom. The van der Waals surface area contributed by atoms with Gasteiger partial charge < -0.3 is 10.1 Å². The van der Waals surface area contributed by atoms with Crippen LogP contribution in [0.3, 0.4) is 0 Å². The lowest BCUT2D eigenvalue weighted by Crippen LogP contribution is -2.32. The third kappa shape index (κ3) is 2.27. The van der Waals surface area contributed by atoms with Crippen LogP contribution in [0.5, 0.6) is 0 Å². The van der Waals surface area contributed by atoms with Crippen molar-refractivity contribution in [3.63, 3.8) is 0 Å². The van der Waals surface area contributed by atoms with Gasteiger partial charge in [0, 0.05) is 0 Å². The quantitative estimate of drug-likeness (QED) is 0.690. The molecule has 1 saturated heterocycles. The summed E-state index contributed by atoms with van der Waals surface area (Å²) in [6, 6.07) is 0.120. The standard InChI is InChI=1S/C8H14ClNO2/c1-2-3-4-6-7(5-9)12-8(11)10-6/h6-7H,2-5H2,1H3,(H,10,11)/t6-,7-/m1/s1. The Kier molecular flexibility index (Phi) is 3.66. The first kappa shape index (κ1) is 9.65. The molecule has 1 aliphatic heterocycles. The summed E-state index contributed by atoms with van der Waals surface area (Å²) in [6.07, 6.45) is 2.72. The van der Waals surface area contributed by atoms with Gasteiger partial charge in [-0.3, -0.25) is 0 Å². The van der Waals surface area contributed by atoms with Crippen LogP contribution in [-0.4, -0.2) is 24.1 Å². The SMILES string of the molecule is CCCC[C@H]1NC(=O)O[C@@H]1CCl. The van der Waals surface area contributed by atoms with E-state index in [0.717, 1.165) is 19.3 Å². The molecule has 0 saturated carbocycles. The number of halogens is 1. The Morgan fingerprint density at radius 3 is 3.00 bits per heavy atom. The maximum absolute atomic E-state index is 10.8. The summed E-state index contributed by atoms with van der Waals surface area (Å²) in [4.78, 5) is 10.8. The van der Waals surface area contributed by atoms with Gasteiger partial charge in [-0.05, 0) is 6.42 Å². The number of alkyl carbamates (subject to hydrolysis) is 1. The number of hydrogen-bond donors (Lipinski definition) is 1. The second-order valence-corrected chi connectivity index (χ2v) is 3.30. The lowest BCUT2D eigenvalue weighted by atomic mass is 10.1. The molecule has 0 bridgehead atoms. The highest BCUT2D eigenvalue weighted by Gasteiger charge is 2.32. The van der Waals surface area contributed by atoms with Gasteiger partial charge in [0.05, 0.1) is 11.9 Å². The van der Waals surface area contributed by atoms with Crippen molar-refractivity contribution >= 4 is 17.7 Å². The fourth-order valence-corrected chi connectivity index (χ4v) is 1.60. The van der Waals surface area contributed by atoms with E-state index in [0.29, 0.717) is 5.88 Å². The van der Waals surface area contributed by atoms with E-state index in [9.17, 15) is 4.79 Å². The van der Waals surface area contributed by atoms with Crippen LogP contribution < -0.4 is 5.32 Å². The molecule has 3 nitrogen and oxygen atoms in total. The summed E-state index contributed by atoms with van der Waals surface area (Å²) in [5, 5.41) is 2.74. The predicted octanol–water partition coefficient (Wildman–Crippen LogP) is 1.89. The van der Waals surface area contributed by atoms with Crippen LogP contribution in [0.4, 0.5) is 4.79 Å². The number of alkyl halides is 1. The zero-order chi connectivity index (χ0) is 8.97. The molecule has 70 valence electrons. The maximum Gasteiger partial charge on any atom is 0.407 e. The number of nitrogens with one attached hydrogen (secondary N) is 1. The van der Waals surface area contributed by atoms with Crippen LogP contribution >= 0.6 is 11.6 Å². The first-order valence-electron chi connectivity index (χ1n) is 4.31. The Hall–Kier alpha value is -0.440. The molecule has 0 aromatic rings. The zero-order valence-corrected chi connectivity index (χ0v) is 7.93. The van der Waals surface area contributed by atoms with E-state index >= 15 is 0 Å². The van der Waals surface area contributed by atoms with Gasteiger partial charge in [-0.1, -0.05) is 19.8 Å². The van der Waals surface area contributed by atoms with Gasteiger partial charge in [0.2, 0.25) is 0 Å². The van der Waals surface area contributed by atoms with Crippen molar-refractivity contribution in [1.82, 2.24) is 5.32 Å². The molecule has 1 fully saturated rings. The van der Waals surface area contributed by atoms with Crippen LogP contribution in [0.1, 0.15) is 26.2 Å². The van der Waals surface area contributed by atoms with Gasteiger partial charge in [0.15, 0.2) is 0 Å². The fourth-order valence-electron chi connectivity index (χ4n) is 1.32. The van der Waals surface area contributed by atoms with E-state index in [1.165, 1.54) is 0 Å². The van der Waals surface area contributed by atoms with Crippen molar-refractivity contribution in [2.75, 3.05) is 5.88 Å². The lowest BCUT2D eigenvalue weighted by Gasteiger charge is -2.12. The minimum atomic E-state index is -0.332. The molecule has 1 heterocycles. The van der Waals surface area contributed by atoms with E-state index in [-0.39, 0.29) is 18.2 Å². The molecule has 1 amide bonds. The lowest BCUT2D eigenvalue weighted by molar-refractivity contribution is 0.141. The normalized spacial score (nSPS) is 28.3. The second-order valence-electron chi connectivity index (χ2n) is 2.99. The van der Waals surface area contributed by atoms with Crippen molar-refractivity contribution in [1.29, 1.82) is 0 Å². The molecule has 4 heteroatoms. The number of carbonyl (C=O) groups is 1. The summed E-state index contributed by atoms with van der Waals surface area (Å²) in [6.45, 7) is 2.12. The van der Waals surface area contributed by atoms with Gasteiger partial charge in [-0.15, -0.1) is 11.6 Å². The third-order valence-corrected chi connectivity index (χ3v) is 2.34. The molecule has 0 aliphatic carbocycles. The average Bonchev–Trinajstić information content (AvgIpc) is 2.42. The van der Waals surface area contributed by atoms with Crippen molar-refractivity contribution < 1.29 is 9.53 Å². The highest BCUT2D eigenvalue weighted by atomic mass is 35.5. The number of ether oxygens (including phenoxy) is 1. The Morgan fingerprint density at radius 2 is 2.42 bits per heavy atom. The Labute approximate surface area is 77.4 Å². The molecule has 0 spiro atoms. The monoisotopic (exact) mass is 191 g/mol. The van der Waals surface area contributed by atoms with Crippen molar-refractivity contribution in [3.05, 3.63) is 0 Å². The Balaban J connectivity index is 2.35. The fraction of sp³-hybridized carbons (Fsp3) is 0.875. The summed E-state index contributed by atoms with van der Waals surface area (Å²) in [7, 11) is 0. The number of hydrogen-bond acceptors (Lipinski definition) is 2. The van der Waals surface area contributed by atoms with Gasteiger partial charge in [-0.2, -0.15) is 0 Å². The summed E-state index contributed by atoms with van der Waals surface area (Å²) < 4.78 is 4.94. The number of cyclic esters (lactones) is 1. The second kappa shape index (κ2) is 4.55. The van der Waals surface area contributed by atoms with Gasteiger partial charge in [0.1, 0.15) is 6.10 Å². The molecular formula is C8H14ClNO2. The predicted molar refractivity (Wildman–Crippen MR) is 47.4 cm³/mol. The van der Waals surface area contributed by atoms with Crippen LogP contribution in [0, 0.1) is 0 Å². The van der Waals surface area contributed by atoms with Crippen molar-refractivity contribution in [2.45, 2.75) is 38.3 Å². The van der Waals surface area contributed by atoms with Crippen LogP contribution in [0.25, 0.3) is 0 Å².